The van der Waals surface area contributed by atoms with Gasteiger partial charge in [0.25, 0.3) is 0 Å². The highest BCUT2D eigenvalue weighted by atomic mass is 16.3. The summed E-state index contributed by atoms with van der Waals surface area (Å²) >= 11 is 0. The first kappa shape index (κ1) is 35.4. The lowest BCUT2D eigenvalue weighted by Crippen LogP contribution is -2.45. The van der Waals surface area contributed by atoms with E-state index in [1.54, 1.807) is 6.92 Å². The van der Waals surface area contributed by atoms with Gasteiger partial charge in [-0.15, -0.1) is 0 Å². The highest BCUT2D eigenvalue weighted by Crippen LogP contribution is 2.22. The Labute approximate surface area is 243 Å². The number of rotatable bonds is 22. The molecule has 1 rings (SSSR count). The largest absolute Gasteiger partial charge is 0.508 e. The van der Waals surface area contributed by atoms with Gasteiger partial charge in [-0.05, 0) is 58.2 Å². The number of hydrogen-bond donors (Lipinski definition) is 9. The number of hydrogen-bond acceptors (Lipinski definition) is 8. The zero-order valence-electron chi connectivity index (χ0n) is 24.3. The Hall–Kier alpha value is -3.58. The summed E-state index contributed by atoms with van der Waals surface area (Å²) in [6, 6.07) is 2.74. The van der Waals surface area contributed by atoms with Gasteiger partial charge in [0.15, 0.2) is 5.96 Å². The van der Waals surface area contributed by atoms with Crippen LogP contribution in [0.1, 0.15) is 70.3 Å². The third kappa shape index (κ3) is 17.7. The molecule has 0 bridgehead atoms. The molecule has 3 amide bonds. The lowest BCUT2D eigenvalue weighted by molar-refractivity contribution is -0.128. The maximum absolute atomic E-state index is 12.2. The van der Waals surface area contributed by atoms with Crippen LogP contribution in [0.2, 0.25) is 0 Å². The van der Waals surface area contributed by atoms with E-state index in [0.29, 0.717) is 31.6 Å². The van der Waals surface area contributed by atoms with Crippen LogP contribution in [0.4, 0.5) is 0 Å². The average Bonchev–Trinajstić information content (AvgIpc) is 2.91. The summed E-state index contributed by atoms with van der Waals surface area (Å²) < 4.78 is 0. The Balaban J connectivity index is 1.93. The van der Waals surface area contributed by atoms with E-state index in [0.717, 1.165) is 64.5 Å². The molecule has 0 saturated heterocycles. The summed E-state index contributed by atoms with van der Waals surface area (Å²) in [5, 5.41) is 30.9. The van der Waals surface area contributed by atoms with Crippen LogP contribution in [0.25, 0.3) is 0 Å². The molecule has 0 aromatic heterocycles. The Morgan fingerprint density at radius 1 is 0.854 bits per heavy atom. The van der Waals surface area contributed by atoms with Crippen molar-refractivity contribution < 1.29 is 24.6 Å². The molecule has 13 nitrogen and oxygen atoms in total. The van der Waals surface area contributed by atoms with E-state index >= 15 is 0 Å². The van der Waals surface area contributed by atoms with Crippen LogP contribution in [0.5, 0.6) is 11.5 Å². The molecule has 0 aliphatic rings. The van der Waals surface area contributed by atoms with E-state index in [1.807, 2.05) is 0 Å². The number of aliphatic imine (C=N–C) groups is 1. The molecule has 2 atom stereocenters. The fourth-order valence-electron chi connectivity index (χ4n) is 3.99. The minimum atomic E-state index is -0.683. The van der Waals surface area contributed by atoms with Crippen LogP contribution in [-0.4, -0.2) is 78.7 Å². The molecule has 13 heteroatoms. The predicted octanol–water partition coefficient (Wildman–Crippen LogP) is 0.0786. The van der Waals surface area contributed by atoms with Crippen molar-refractivity contribution in [3.05, 3.63) is 23.8 Å². The summed E-state index contributed by atoms with van der Waals surface area (Å²) in [6.45, 7) is 5.03. The third-order valence-corrected chi connectivity index (χ3v) is 6.42. The Morgan fingerprint density at radius 2 is 1.41 bits per heavy atom. The van der Waals surface area contributed by atoms with Gasteiger partial charge in [0.05, 0.1) is 12.5 Å². The van der Waals surface area contributed by atoms with Crippen molar-refractivity contribution >= 4 is 23.7 Å². The van der Waals surface area contributed by atoms with Crippen molar-refractivity contribution in [3.8, 4) is 11.5 Å². The maximum atomic E-state index is 12.2. The first-order chi connectivity index (χ1) is 19.6. The van der Waals surface area contributed by atoms with Gasteiger partial charge in [0, 0.05) is 31.3 Å². The number of carbonyl (C=O) groups excluding carboxylic acids is 3. The molecule has 0 radical (unpaired) electrons. The van der Waals surface area contributed by atoms with Crippen LogP contribution in [-0.2, 0) is 20.8 Å². The van der Waals surface area contributed by atoms with Crippen LogP contribution in [0.3, 0.4) is 0 Å². The summed E-state index contributed by atoms with van der Waals surface area (Å²) in [5.41, 5.74) is 16.7. The molecule has 1 aromatic rings. The van der Waals surface area contributed by atoms with Gasteiger partial charge in [-0.25, -0.2) is 0 Å². The normalized spacial score (nSPS) is 12.2. The number of benzene rings is 1. The van der Waals surface area contributed by atoms with E-state index in [4.69, 9.17) is 17.2 Å². The van der Waals surface area contributed by atoms with Crippen molar-refractivity contribution in [2.24, 2.45) is 22.2 Å². The second-order valence-electron chi connectivity index (χ2n) is 10.1. The number of unbranched alkanes of at least 4 members (excludes halogenated alkanes) is 6. The monoisotopic (exact) mass is 578 g/mol. The van der Waals surface area contributed by atoms with E-state index < -0.39 is 12.1 Å². The molecule has 12 N–H and O–H groups in total. The van der Waals surface area contributed by atoms with E-state index in [1.165, 1.54) is 18.2 Å². The number of aromatic hydroxyl groups is 2. The standard InChI is InChI=1S/C28H50N8O5/c1-20(36-25(39)18-21-10-11-22(37)19-24(21)38)26(40)33-15-8-4-2-3-6-13-32-14-7-5-9-16-34-27(41)23(29)12-17-35-28(30)31/h10-11,19-20,23,32,37-38H,2-9,12-18,29H2,1H3,(H,33,40)(H,34,41)(H,36,39)(H4,30,31,35)/t20-,23-/m0/s1. The zero-order chi connectivity index (χ0) is 30.5. The fraction of sp³-hybridized carbons (Fsp3) is 0.643. The van der Waals surface area contributed by atoms with Crippen LogP contribution < -0.4 is 38.5 Å². The van der Waals surface area contributed by atoms with Crippen LogP contribution >= 0.6 is 0 Å². The molecule has 0 saturated carbocycles. The zero-order valence-corrected chi connectivity index (χ0v) is 24.3. The molecule has 1 aromatic carbocycles. The molecule has 0 spiro atoms. The smallest absolute Gasteiger partial charge is 0.242 e. The van der Waals surface area contributed by atoms with Gasteiger partial charge in [-0.3, -0.25) is 19.4 Å². The lowest BCUT2D eigenvalue weighted by Gasteiger charge is -2.14. The molecular weight excluding hydrogens is 528 g/mol. The summed E-state index contributed by atoms with van der Waals surface area (Å²) in [6.07, 6.45) is 8.49. The number of carbonyl (C=O) groups is 3. The highest BCUT2D eigenvalue weighted by Gasteiger charge is 2.16. The summed E-state index contributed by atoms with van der Waals surface area (Å²) in [5.74, 6) is -1.07. The quantitative estimate of drug-likeness (QED) is 0.0514. The summed E-state index contributed by atoms with van der Waals surface area (Å²) in [4.78, 5) is 40.1. The molecule has 0 aliphatic carbocycles. The Bertz CT molecular complexity index is 955. The van der Waals surface area contributed by atoms with Crippen molar-refractivity contribution in [2.45, 2.75) is 83.2 Å². The molecule has 0 aliphatic heterocycles. The van der Waals surface area contributed by atoms with Gasteiger partial charge in [0.1, 0.15) is 17.5 Å². The fourth-order valence-corrected chi connectivity index (χ4v) is 3.99. The number of guanidine groups is 1. The first-order valence-electron chi connectivity index (χ1n) is 14.5. The van der Waals surface area contributed by atoms with E-state index in [-0.39, 0.29) is 41.6 Å². The number of nitrogens with zero attached hydrogens (tertiary/aromatic N) is 1. The van der Waals surface area contributed by atoms with Gasteiger partial charge in [-0.1, -0.05) is 31.7 Å². The Kier molecular flexibility index (Phi) is 18.3. The predicted molar refractivity (Wildman–Crippen MR) is 160 cm³/mol. The Morgan fingerprint density at radius 3 is 2.02 bits per heavy atom. The first-order valence-corrected chi connectivity index (χ1v) is 14.5. The number of amides is 3. The van der Waals surface area contributed by atoms with Crippen LogP contribution in [0, 0.1) is 0 Å². The molecule has 0 heterocycles. The molecule has 232 valence electrons. The number of phenolic OH excluding ortho intramolecular Hbond substituents is 2. The topological polar surface area (TPSA) is 230 Å². The van der Waals surface area contributed by atoms with Gasteiger partial charge in [0.2, 0.25) is 17.7 Å². The van der Waals surface area contributed by atoms with Gasteiger partial charge >= 0.3 is 0 Å². The summed E-state index contributed by atoms with van der Waals surface area (Å²) in [7, 11) is 0. The second-order valence-corrected chi connectivity index (χ2v) is 10.1. The molecule has 41 heavy (non-hydrogen) atoms. The highest BCUT2D eigenvalue weighted by molar-refractivity contribution is 5.88. The van der Waals surface area contributed by atoms with Crippen molar-refractivity contribution in [1.29, 1.82) is 0 Å². The SMILES string of the molecule is C[C@H](NC(=O)Cc1ccc(O)cc1O)C(=O)NCCCCCCCNCCCCCNC(=O)[C@@H](N)CCN=C(N)N. The van der Waals surface area contributed by atoms with Gasteiger partial charge in [-0.2, -0.15) is 0 Å². The number of nitrogens with one attached hydrogen (secondary N) is 4. The van der Waals surface area contributed by atoms with E-state index in [9.17, 15) is 24.6 Å². The van der Waals surface area contributed by atoms with Crippen LogP contribution in [0.15, 0.2) is 23.2 Å². The van der Waals surface area contributed by atoms with E-state index in [2.05, 4.69) is 26.3 Å². The lowest BCUT2D eigenvalue weighted by atomic mass is 10.1. The molecule has 0 unspecified atom stereocenters. The molecule has 0 fully saturated rings. The van der Waals surface area contributed by atoms with Crippen molar-refractivity contribution in [2.75, 3.05) is 32.7 Å². The second kappa shape index (κ2) is 21.2. The minimum Gasteiger partial charge on any atom is -0.508 e. The van der Waals surface area contributed by atoms with Crippen molar-refractivity contribution in [3.63, 3.8) is 0 Å². The number of nitrogens with two attached hydrogens (primary N) is 3. The van der Waals surface area contributed by atoms with Crippen molar-refractivity contribution in [1.82, 2.24) is 21.3 Å². The maximum Gasteiger partial charge on any atom is 0.242 e. The van der Waals surface area contributed by atoms with Gasteiger partial charge < -0.3 is 48.7 Å². The third-order valence-electron chi connectivity index (χ3n) is 6.42. The molecular formula is C28H50N8O5. The number of phenols is 2. The average molecular weight is 579 g/mol. The minimum absolute atomic E-state index is 0.00548.